The predicted molar refractivity (Wildman–Crippen MR) is 70.0 cm³/mol. The SMILES string of the molecule is CC(C)CN1CCC[C@H]1c1ccc(=S)[nH]c1. The number of aromatic amines is 1. The van der Waals surface area contributed by atoms with Gasteiger partial charge in [-0.1, -0.05) is 32.1 Å². The summed E-state index contributed by atoms with van der Waals surface area (Å²) >= 11 is 5.08. The average molecular weight is 236 g/mol. The fourth-order valence-electron chi connectivity index (χ4n) is 2.52. The van der Waals surface area contributed by atoms with E-state index in [4.69, 9.17) is 12.2 Å². The molecule has 1 aromatic heterocycles. The van der Waals surface area contributed by atoms with Crippen LogP contribution in [0.15, 0.2) is 18.3 Å². The molecule has 0 bridgehead atoms. The van der Waals surface area contributed by atoms with Crippen molar-refractivity contribution in [3.8, 4) is 0 Å². The van der Waals surface area contributed by atoms with Crippen molar-refractivity contribution < 1.29 is 0 Å². The molecule has 0 radical (unpaired) electrons. The van der Waals surface area contributed by atoms with Crippen LogP contribution in [-0.4, -0.2) is 23.0 Å². The Hall–Kier alpha value is -0.670. The number of rotatable bonds is 3. The third-order valence-electron chi connectivity index (χ3n) is 3.16. The van der Waals surface area contributed by atoms with E-state index in [1.54, 1.807) is 0 Å². The summed E-state index contributed by atoms with van der Waals surface area (Å²) in [5.74, 6) is 0.739. The zero-order chi connectivity index (χ0) is 11.5. The first-order chi connectivity index (χ1) is 7.66. The molecule has 0 saturated carbocycles. The molecule has 0 unspecified atom stereocenters. The Morgan fingerprint density at radius 3 is 2.94 bits per heavy atom. The van der Waals surface area contributed by atoms with Gasteiger partial charge in [0, 0.05) is 18.8 Å². The monoisotopic (exact) mass is 236 g/mol. The Morgan fingerprint density at radius 1 is 1.50 bits per heavy atom. The van der Waals surface area contributed by atoms with Crippen LogP contribution in [0, 0.1) is 10.6 Å². The summed E-state index contributed by atoms with van der Waals surface area (Å²) in [4.78, 5) is 5.73. The van der Waals surface area contributed by atoms with Crippen LogP contribution < -0.4 is 0 Å². The number of hydrogen-bond acceptors (Lipinski definition) is 2. The fraction of sp³-hybridized carbons (Fsp3) is 0.615. The van der Waals surface area contributed by atoms with Crippen molar-refractivity contribution in [2.75, 3.05) is 13.1 Å². The lowest BCUT2D eigenvalue weighted by Crippen LogP contribution is -2.27. The van der Waals surface area contributed by atoms with Crippen molar-refractivity contribution in [2.24, 2.45) is 5.92 Å². The molecule has 88 valence electrons. The number of aromatic nitrogens is 1. The summed E-state index contributed by atoms with van der Waals surface area (Å²) in [7, 11) is 0. The molecule has 2 nitrogen and oxygen atoms in total. The molecule has 0 amide bonds. The first-order valence-electron chi connectivity index (χ1n) is 6.09. The van der Waals surface area contributed by atoms with Gasteiger partial charge >= 0.3 is 0 Å². The highest BCUT2D eigenvalue weighted by molar-refractivity contribution is 7.71. The van der Waals surface area contributed by atoms with Crippen LogP contribution in [0.3, 0.4) is 0 Å². The summed E-state index contributed by atoms with van der Waals surface area (Å²) in [6.07, 6.45) is 4.66. The van der Waals surface area contributed by atoms with E-state index in [2.05, 4.69) is 36.0 Å². The van der Waals surface area contributed by atoms with Gasteiger partial charge in [0.15, 0.2) is 0 Å². The molecular weight excluding hydrogens is 216 g/mol. The maximum Gasteiger partial charge on any atom is 0.103 e. The molecule has 0 aromatic carbocycles. The largest absolute Gasteiger partial charge is 0.353 e. The first kappa shape index (κ1) is 11.8. The number of nitrogens with one attached hydrogen (secondary N) is 1. The Balaban J connectivity index is 2.13. The number of nitrogens with zero attached hydrogens (tertiary/aromatic N) is 1. The normalized spacial score (nSPS) is 21.8. The molecular formula is C13H20N2S. The zero-order valence-electron chi connectivity index (χ0n) is 10.1. The van der Waals surface area contributed by atoms with Gasteiger partial charge < -0.3 is 4.98 Å². The first-order valence-corrected chi connectivity index (χ1v) is 6.50. The lowest BCUT2D eigenvalue weighted by Gasteiger charge is -2.26. The molecule has 1 atom stereocenters. The number of hydrogen-bond donors (Lipinski definition) is 1. The summed E-state index contributed by atoms with van der Waals surface area (Å²) < 4.78 is 0.817. The van der Waals surface area contributed by atoms with Crippen molar-refractivity contribution in [1.29, 1.82) is 0 Å². The lowest BCUT2D eigenvalue weighted by atomic mass is 10.1. The van der Waals surface area contributed by atoms with Crippen LogP contribution in [0.25, 0.3) is 0 Å². The number of likely N-dealkylation sites (tertiary alicyclic amines) is 1. The Bertz CT molecular complexity index is 377. The molecule has 3 heteroatoms. The quantitative estimate of drug-likeness (QED) is 0.810. The van der Waals surface area contributed by atoms with E-state index in [0.29, 0.717) is 6.04 Å². The predicted octanol–water partition coefficient (Wildman–Crippen LogP) is 3.54. The smallest absolute Gasteiger partial charge is 0.103 e. The van der Waals surface area contributed by atoms with E-state index >= 15 is 0 Å². The molecule has 0 aliphatic carbocycles. The molecule has 16 heavy (non-hydrogen) atoms. The van der Waals surface area contributed by atoms with Crippen LogP contribution in [0.2, 0.25) is 0 Å². The molecule has 2 heterocycles. The van der Waals surface area contributed by atoms with Gasteiger partial charge in [-0.15, -0.1) is 0 Å². The van der Waals surface area contributed by atoms with Gasteiger partial charge in [-0.25, -0.2) is 0 Å². The van der Waals surface area contributed by atoms with Crippen LogP contribution in [-0.2, 0) is 0 Å². The van der Waals surface area contributed by atoms with Gasteiger partial charge in [0.05, 0.1) is 0 Å². The Labute approximate surface area is 103 Å². The lowest BCUT2D eigenvalue weighted by molar-refractivity contribution is 0.228. The number of pyridine rings is 1. The third kappa shape index (κ3) is 2.71. The highest BCUT2D eigenvalue weighted by Crippen LogP contribution is 2.31. The van der Waals surface area contributed by atoms with Crippen molar-refractivity contribution in [3.05, 3.63) is 28.5 Å². The van der Waals surface area contributed by atoms with Gasteiger partial charge in [-0.05, 0) is 36.9 Å². The van der Waals surface area contributed by atoms with E-state index in [1.165, 1.54) is 31.5 Å². The fourth-order valence-corrected chi connectivity index (χ4v) is 2.65. The van der Waals surface area contributed by atoms with E-state index in [-0.39, 0.29) is 0 Å². The summed E-state index contributed by atoms with van der Waals surface area (Å²) in [6.45, 7) is 7.00. The van der Waals surface area contributed by atoms with Gasteiger partial charge in [0.1, 0.15) is 4.64 Å². The van der Waals surface area contributed by atoms with E-state index in [9.17, 15) is 0 Å². The summed E-state index contributed by atoms with van der Waals surface area (Å²) in [6, 6.07) is 4.76. The molecule has 2 rings (SSSR count). The minimum atomic E-state index is 0.592. The number of H-pyrrole nitrogens is 1. The molecule has 0 spiro atoms. The Kier molecular flexibility index (Phi) is 3.77. The maximum atomic E-state index is 5.08. The molecule has 1 aliphatic heterocycles. The minimum Gasteiger partial charge on any atom is -0.353 e. The van der Waals surface area contributed by atoms with Gasteiger partial charge in [0.25, 0.3) is 0 Å². The van der Waals surface area contributed by atoms with E-state index in [1.807, 2.05) is 6.07 Å². The highest BCUT2D eigenvalue weighted by Gasteiger charge is 2.25. The van der Waals surface area contributed by atoms with Gasteiger partial charge in [-0.2, -0.15) is 0 Å². The average Bonchev–Trinajstić information content (AvgIpc) is 2.66. The molecule has 1 fully saturated rings. The van der Waals surface area contributed by atoms with Gasteiger partial charge in [-0.3, -0.25) is 4.90 Å². The van der Waals surface area contributed by atoms with Crippen molar-refractivity contribution in [2.45, 2.75) is 32.7 Å². The van der Waals surface area contributed by atoms with Crippen LogP contribution in [0.4, 0.5) is 0 Å². The standard InChI is InChI=1S/C13H20N2S/c1-10(2)9-15-7-3-4-12(15)11-5-6-13(16)14-8-11/h5-6,8,10,12H,3-4,7,9H2,1-2H3,(H,14,16)/t12-/m0/s1. The summed E-state index contributed by atoms with van der Waals surface area (Å²) in [5, 5.41) is 0. The minimum absolute atomic E-state index is 0.592. The Morgan fingerprint density at radius 2 is 2.31 bits per heavy atom. The van der Waals surface area contributed by atoms with Crippen LogP contribution in [0.5, 0.6) is 0 Å². The van der Waals surface area contributed by atoms with E-state index < -0.39 is 0 Å². The molecule has 1 N–H and O–H groups in total. The topological polar surface area (TPSA) is 19.0 Å². The summed E-state index contributed by atoms with van der Waals surface area (Å²) in [5.41, 5.74) is 1.38. The second-order valence-corrected chi connectivity index (χ2v) is 5.47. The van der Waals surface area contributed by atoms with Crippen molar-refractivity contribution >= 4 is 12.2 Å². The second kappa shape index (κ2) is 5.11. The molecule has 1 aromatic rings. The third-order valence-corrected chi connectivity index (χ3v) is 3.41. The van der Waals surface area contributed by atoms with Crippen molar-refractivity contribution in [3.63, 3.8) is 0 Å². The van der Waals surface area contributed by atoms with Gasteiger partial charge in [0.2, 0.25) is 0 Å². The zero-order valence-corrected chi connectivity index (χ0v) is 10.9. The van der Waals surface area contributed by atoms with Crippen molar-refractivity contribution in [1.82, 2.24) is 9.88 Å². The second-order valence-electron chi connectivity index (χ2n) is 5.03. The van der Waals surface area contributed by atoms with E-state index in [0.717, 1.165) is 10.6 Å². The highest BCUT2D eigenvalue weighted by atomic mass is 32.1. The molecule has 1 aliphatic rings. The maximum absolute atomic E-state index is 5.08. The molecule has 1 saturated heterocycles. The van der Waals surface area contributed by atoms with Crippen LogP contribution in [0.1, 0.15) is 38.3 Å². The van der Waals surface area contributed by atoms with Crippen LogP contribution >= 0.6 is 12.2 Å².